The third-order valence-corrected chi connectivity index (χ3v) is 5.32. The predicted octanol–water partition coefficient (Wildman–Crippen LogP) is 3.57. The largest absolute Gasteiger partial charge is 0.349 e. The lowest BCUT2D eigenvalue weighted by atomic mass is 10.2. The van der Waals surface area contributed by atoms with Crippen LogP contribution in [0.15, 0.2) is 36.5 Å². The summed E-state index contributed by atoms with van der Waals surface area (Å²) in [7, 11) is 2.06. The zero-order valence-electron chi connectivity index (χ0n) is 12.7. The van der Waals surface area contributed by atoms with Gasteiger partial charge in [0, 0.05) is 37.5 Å². The number of benzene rings is 1. The molecule has 2 aromatic heterocycles. The second-order valence-corrected chi connectivity index (χ2v) is 7.54. The summed E-state index contributed by atoms with van der Waals surface area (Å²) in [6.07, 6.45) is 3.73. The van der Waals surface area contributed by atoms with E-state index in [-0.39, 0.29) is 0 Å². The molecule has 1 aromatic carbocycles. The molecular weight excluding hydrogens is 312 g/mol. The molecule has 0 aliphatic heterocycles. The number of hydrogen-bond donors (Lipinski definition) is 0. The Kier molecular flexibility index (Phi) is 4.80. The monoisotopic (exact) mass is 330 g/mol. The number of thiazole rings is 1. The average Bonchev–Trinajstić information content (AvgIpc) is 3.15. The summed E-state index contributed by atoms with van der Waals surface area (Å²) in [5, 5.41) is 11.8. The fourth-order valence-electron chi connectivity index (χ4n) is 2.12. The highest BCUT2D eigenvalue weighted by Crippen LogP contribution is 2.22. The van der Waals surface area contributed by atoms with E-state index in [4.69, 9.17) is 0 Å². The lowest BCUT2D eigenvalue weighted by molar-refractivity contribution is 0.850. The predicted molar refractivity (Wildman–Crippen MR) is 93.0 cm³/mol. The van der Waals surface area contributed by atoms with Gasteiger partial charge >= 0.3 is 0 Å². The molecule has 3 aromatic rings. The smallest absolute Gasteiger partial charge is 0.208 e. The van der Waals surface area contributed by atoms with Crippen molar-refractivity contribution in [1.82, 2.24) is 15.2 Å². The van der Waals surface area contributed by atoms with Crippen molar-refractivity contribution in [2.45, 2.75) is 19.8 Å². The Morgan fingerprint density at radius 1 is 1.05 bits per heavy atom. The number of aromatic nitrogens is 3. The highest BCUT2D eigenvalue weighted by molar-refractivity contribution is 7.15. The van der Waals surface area contributed by atoms with Crippen molar-refractivity contribution < 1.29 is 0 Å². The zero-order valence-corrected chi connectivity index (χ0v) is 14.3. The second-order valence-electron chi connectivity index (χ2n) is 5.18. The van der Waals surface area contributed by atoms with Gasteiger partial charge in [-0.25, -0.2) is 4.98 Å². The fraction of sp³-hybridized carbons (Fsp3) is 0.312. The minimum absolute atomic E-state index is 0.845. The first-order chi connectivity index (χ1) is 10.7. The molecule has 2 heterocycles. The molecule has 0 atom stereocenters. The lowest BCUT2D eigenvalue weighted by Crippen LogP contribution is -2.19. The molecule has 0 unspecified atom stereocenters. The quantitative estimate of drug-likeness (QED) is 0.693. The maximum absolute atomic E-state index is 4.40. The molecule has 0 aliphatic carbocycles. The van der Waals surface area contributed by atoms with E-state index in [1.54, 1.807) is 22.7 Å². The van der Waals surface area contributed by atoms with Gasteiger partial charge in [0.2, 0.25) is 5.13 Å². The maximum atomic E-state index is 4.40. The van der Waals surface area contributed by atoms with Crippen LogP contribution in [0, 0.1) is 6.92 Å². The summed E-state index contributed by atoms with van der Waals surface area (Å²) in [5.41, 5.74) is 1.27. The molecule has 0 radical (unpaired) electrons. The third-order valence-electron chi connectivity index (χ3n) is 3.31. The molecule has 114 valence electrons. The minimum Gasteiger partial charge on any atom is -0.349 e. The van der Waals surface area contributed by atoms with E-state index in [2.05, 4.69) is 58.3 Å². The Balaban J connectivity index is 1.58. The van der Waals surface area contributed by atoms with Crippen LogP contribution in [0.2, 0.25) is 0 Å². The Hall–Kier alpha value is -1.79. The van der Waals surface area contributed by atoms with Crippen LogP contribution >= 0.6 is 22.7 Å². The zero-order chi connectivity index (χ0) is 15.4. The van der Waals surface area contributed by atoms with E-state index in [0.29, 0.717) is 0 Å². The molecule has 0 amide bonds. The van der Waals surface area contributed by atoms with E-state index in [0.717, 1.165) is 29.5 Å². The second kappa shape index (κ2) is 6.98. The number of hydrogen-bond acceptors (Lipinski definition) is 6. The van der Waals surface area contributed by atoms with Crippen LogP contribution in [-0.2, 0) is 12.8 Å². The first kappa shape index (κ1) is 15.1. The first-order valence-electron chi connectivity index (χ1n) is 7.19. The number of rotatable bonds is 6. The fourth-order valence-corrected chi connectivity index (χ4v) is 3.75. The molecule has 0 fully saturated rings. The van der Waals surface area contributed by atoms with Crippen molar-refractivity contribution in [3.05, 3.63) is 57.0 Å². The van der Waals surface area contributed by atoms with Gasteiger partial charge in [-0.15, -0.1) is 21.5 Å². The summed E-state index contributed by atoms with van der Waals surface area (Å²) in [5.74, 6) is 0. The molecule has 0 N–H and O–H groups in total. The van der Waals surface area contributed by atoms with Crippen LogP contribution in [-0.4, -0.2) is 28.8 Å². The Labute approximate surface area is 138 Å². The molecule has 6 heteroatoms. The van der Waals surface area contributed by atoms with Crippen LogP contribution in [0.3, 0.4) is 0 Å². The van der Waals surface area contributed by atoms with E-state index in [9.17, 15) is 0 Å². The van der Waals surface area contributed by atoms with Gasteiger partial charge in [-0.05, 0) is 12.5 Å². The van der Waals surface area contributed by atoms with Crippen LogP contribution in [0.25, 0.3) is 0 Å². The van der Waals surface area contributed by atoms with Crippen LogP contribution < -0.4 is 4.90 Å². The Bertz CT molecular complexity index is 721. The van der Waals surface area contributed by atoms with Crippen LogP contribution in [0.5, 0.6) is 0 Å². The van der Waals surface area contributed by atoms with Crippen molar-refractivity contribution in [3.63, 3.8) is 0 Å². The van der Waals surface area contributed by atoms with Gasteiger partial charge in [0.1, 0.15) is 5.01 Å². The molecule has 0 aliphatic rings. The normalized spacial score (nSPS) is 10.8. The molecule has 0 saturated carbocycles. The molecule has 22 heavy (non-hydrogen) atoms. The van der Waals surface area contributed by atoms with Crippen molar-refractivity contribution in [2.75, 3.05) is 18.5 Å². The average molecular weight is 330 g/mol. The van der Waals surface area contributed by atoms with Gasteiger partial charge in [0.05, 0.1) is 5.01 Å². The molecular formula is C16H18N4S2. The lowest BCUT2D eigenvalue weighted by Gasteiger charge is -2.13. The van der Waals surface area contributed by atoms with Gasteiger partial charge in [0.15, 0.2) is 0 Å². The van der Waals surface area contributed by atoms with Gasteiger partial charge in [-0.3, -0.25) is 0 Å². The van der Waals surface area contributed by atoms with Crippen molar-refractivity contribution in [1.29, 1.82) is 0 Å². The third kappa shape index (κ3) is 3.90. The number of likely N-dealkylation sites (N-methyl/N-ethyl adjacent to an activating group) is 1. The highest BCUT2D eigenvalue weighted by atomic mass is 32.1. The van der Waals surface area contributed by atoms with Crippen molar-refractivity contribution in [2.24, 2.45) is 0 Å². The van der Waals surface area contributed by atoms with Crippen LogP contribution in [0.1, 0.15) is 20.5 Å². The topological polar surface area (TPSA) is 41.9 Å². The molecule has 0 saturated heterocycles. The highest BCUT2D eigenvalue weighted by Gasteiger charge is 2.10. The number of anilines is 1. The maximum Gasteiger partial charge on any atom is 0.208 e. The Morgan fingerprint density at radius 2 is 1.86 bits per heavy atom. The van der Waals surface area contributed by atoms with Gasteiger partial charge in [0.25, 0.3) is 0 Å². The Morgan fingerprint density at radius 3 is 2.59 bits per heavy atom. The van der Waals surface area contributed by atoms with Gasteiger partial charge < -0.3 is 4.90 Å². The van der Waals surface area contributed by atoms with E-state index >= 15 is 0 Å². The van der Waals surface area contributed by atoms with Gasteiger partial charge in [-0.2, -0.15) is 0 Å². The molecule has 0 bridgehead atoms. The standard InChI is InChI=1S/C16H18N4S2/c1-12-11-17-14(21-12)8-9-20(2)16-19-18-15(22-16)10-13-6-4-3-5-7-13/h3-7,11H,8-10H2,1-2H3. The SMILES string of the molecule is Cc1cnc(CCN(C)c2nnc(Cc3ccccc3)s2)s1. The molecule has 4 nitrogen and oxygen atoms in total. The minimum atomic E-state index is 0.845. The van der Waals surface area contributed by atoms with E-state index in [1.165, 1.54) is 15.4 Å². The first-order valence-corrected chi connectivity index (χ1v) is 8.83. The molecule has 0 spiro atoms. The van der Waals surface area contributed by atoms with Gasteiger partial charge in [-0.1, -0.05) is 41.7 Å². The number of aryl methyl sites for hydroxylation is 1. The van der Waals surface area contributed by atoms with Crippen molar-refractivity contribution in [3.8, 4) is 0 Å². The summed E-state index contributed by atoms with van der Waals surface area (Å²) in [4.78, 5) is 7.82. The summed E-state index contributed by atoms with van der Waals surface area (Å²) in [6, 6.07) is 10.4. The molecule has 3 rings (SSSR count). The summed E-state index contributed by atoms with van der Waals surface area (Å²) < 4.78 is 0. The van der Waals surface area contributed by atoms with Crippen LogP contribution in [0.4, 0.5) is 5.13 Å². The van der Waals surface area contributed by atoms with Crippen molar-refractivity contribution >= 4 is 27.8 Å². The van der Waals surface area contributed by atoms with E-state index in [1.807, 2.05) is 12.3 Å². The summed E-state index contributed by atoms with van der Waals surface area (Å²) in [6.45, 7) is 3.00. The number of nitrogens with zero attached hydrogens (tertiary/aromatic N) is 4. The van der Waals surface area contributed by atoms with E-state index < -0.39 is 0 Å². The summed E-state index contributed by atoms with van der Waals surface area (Å²) >= 11 is 3.42.